The van der Waals surface area contributed by atoms with E-state index in [-0.39, 0.29) is 12.2 Å². The highest BCUT2D eigenvalue weighted by atomic mass is 16.5. The lowest BCUT2D eigenvalue weighted by atomic mass is 10.0. The van der Waals surface area contributed by atoms with Crippen molar-refractivity contribution in [3.8, 4) is 5.75 Å². The van der Waals surface area contributed by atoms with Gasteiger partial charge in [-0.3, -0.25) is 0 Å². The number of nitrogens with one attached hydrogen (secondary N) is 1. The predicted molar refractivity (Wildman–Crippen MR) is 68.5 cm³/mol. The van der Waals surface area contributed by atoms with Gasteiger partial charge in [-0.1, -0.05) is 11.6 Å². The molecule has 3 heteroatoms. The van der Waals surface area contributed by atoms with Crippen LogP contribution in [-0.2, 0) is 4.74 Å². The topological polar surface area (TPSA) is 30.5 Å². The van der Waals surface area contributed by atoms with E-state index < -0.39 is 0 Å². The third-order valence-electron chi connectivity index (χ3n) is 2.80. The zero-order valence-electron chi connectivity index (χ0n) is 10.8. The van der Waals surface area contributed by atoms with Gasteiger partial charge in [0.05, 0.1) is 18.8 Å². The lowest BCUT2D eigenvalue weighted by Gasteiger charge is -2.26. The van der Waals surface area contributed by atoms with Gasteiger partial charge < -0.3 is 14.8 Å². The fourth-order valence-electron chi connectivity index (χ4n) is 2.05. The first-order valence-electron chi connectivity index (χ1n) is 6.26. The number of ether oxygens (including phenoxy) is 2. The second-order valence-electron chi connectivity index (χ2n) is 4.77. The SMILES string of the molecule is Cc1ccc(OC(C)C)c(C2CNCCO2)c1. The number of hydrogen-bond donors (Lipinski definition) is 1. The summed E-state index contributed by atoms with van der Waals surface area (Å²) in [6.07, 6.45) is 0.297. The average molecular weight is 235 g/mol. The van der Waals surface area contributed by atoms with Crippen molar-refractivity contribution in [1.82, 2.24) is 5.32 Å². The van der Waals surface area contributed by atoms with Crippen LogP contribution in [0.1, 0.15) is 31.1 Å². The van der Waals surface area contributed by atoms with Crippen LogP contribution in [0.4, 0.5) is 0 Å². The molecule has 1 unspecified atom stereocenters. The van der Waals surface area contributed by atoms with Crippen LogP contribution < -0.4 is 10.1 Å². The second-order valence-corrected chi connectivity index (χ2v) is 4.77. The molecule has 1 aliphatic rings. The minimum absolute atomic E-state index is 0.109. The second kappa shape index (κ2) is 5.52. The van der Waals surface area contributed by atoms with Crippen molar-refractivity contribution in [3.63, 3.8) is 0 Å². The molecule has 0 bridgehead atoms. The van der Waals surface area contributed by atoms with Crippen molar-refractivity contribution in [2.45, 2.75) is 33.0 Å². The van der Waals surface area contributed by atoms with E-state index in [4.69, 9.17) is 9.47 Å². The third-order valence-corrected chi connectivity index (χ3v) is 2.80. The van der Waals surface area contributed by atoms with Crippen LogP contribution in [-0.4, -0.2) is 25.8 Å². The van der Waals surface area contributed by atoms with E-state index >= 15 is 0 Å². The van der Waals surface area contributed by atoms with E-state index in [0.29, 0.717) is 0 Å². The Hall–Kier alpha value is -1.06. The number of benzene rings is 1. The molecule has 3 nitrogen and oxygen atoms in total. The number of rotatable bonds is 3. The predicted octanol–water partition coefficient (Wildman–Crippen LogP) is 2.44. The lowest BCUT2D eigenvalue weighted by Crippen LogP contribution is -2.33. The van der Waals surface area contributed by atoms with Crippen LogP contribution >= 0.6 is 0 Å². The summed E-state index contributed by atoms with van der Waals surface area (Å²) < 4.78 is 11.6. The van der Waals surface area contributed by atoms with Crippen LogP contribution in [0.15, 0.2) is 18.2 Å². The zero-order valence-corrected chi connectivity index (χ0v) is 10.8. The minimum Gasteiger partial charge on any atom is -0.491 e. The Morgan fingerprint density at radius 1 is 1.41 bits per heavy atom. The Morgan fingerprint density at radius 2 is 2.24 bits per heavy atom. The molecule has 1 saturated heterocycles. The fraction of sp³-hybridized carbons (Fsp3) is 0.571. The Balaban J connectivity index is 2.25. The molecular weight excluding hydrogens is 214 g/mol. The summed E-state index contributed by atoms with van der Waals surface area (Å²) >= 11 is 0. The van der Waals surface area contributed by atoms with E-state index in [1.54, 1.807) is 0 Å². The first-order chi connectivity index (χ1) is 8.16. The van der Waals surface area contributed by atoms with Crippen molar-refractivity contribution in [2.75, 3.05) is 19.7 Å². The molecule has 1 aliphatic heterocycles. The molecule has 1 N–H and O–H groups in total. The molecule has 94 valence electrons. The highest BCUT2D eigenvalue weighted by Crippen LogP contribution is 2.30. The number of morpholine rings is 1. The highest BCUT2D eigenvalue weighted by Gasteiger charge is 2.20. The number of aryl methyl sites for hydroxylation is 1. The summed E-state index contributed by atoms with van der Waals surface area (Å²) in [5, 5.41) is 3.35. The molecule has 0 spiro atoms. The summed E-state index contributed by atoms with van der Waals surface area (Å²) in [5.74, 6) is 0.944. The van der Waals surface area contributed by atoms with Gasteiger partial charge in [-0.05, 0) is 32.9 Å². The molecule has 17 heavy (non-hydrogen) atoms. The van der Waals surface area contributed by atoms with Crippen molar-refractivity contribution < 1.29 is 9.47 Å². The summed E-state index contributed by atoms with van der Waals surface area (Å²) in [5.41, 5.74) is 2.40. The van der Waals surface area contributed by atoms with Gasteiger partial charge in [0.15, 0.2) is 0 Å². The molecule has 1 heterocycles. The van der Waals surface area contributed by atoms with E-state index in [0.717, 1.165) is 31.0 Å². The molecular formula is C14H21NO2. The first-order valence-corrected chi connectivity index (χ1v) is 6.26. The van der Waals surface area contributed by atoms with Gasteiger partial charge in [-0.25, -0.2) is 0 Å². The van der Waals surface area contributed by atoms with Crippen LogP contribution in [0.2, 0.25) is 0 Å². The van der Waals surface area contributed by atoms with Crippen molar-refractivity contribution in [3.05, 3.63) is 29.3 Å². The van der Waals surface area contributed by atoms with Gasteiger partial charge in [0, 0.05) is 18.7 Å². The highest BCUT2D eigenvalue weighted by molar-refractivity contribution is 5.39. The average Bonchev–Trinajstić information content (AvgIpc) is 2.32. The van der Waals surface area contributed by atoms with Crippen LogP contribution in [0.5, 0.6) is 5.75 Å². The van der Waals surface area contributed by atoms with E-state index in [9.17, 15) is 0 Å². The molecule has 1 fully saturated rings. The molecule has 1 aromatic carbocycles. The van der Waals surface area contributed by atoms with Gasteiger partial charge in [0.25, 0.3) is 0 Å². The molecule has 0 aromatic heterocycles. The summed E-state index contributed by atoms with van der Waals surface area (Å²) in [6, 6.07) is 6.29. The zero-order chi connectivity index (χ0) is 12.3. The van der Waals surface area contributed by atoms with Crippen LogP contribution in [0, 0.1) is 6.92 Å². The van der Waals surface area contributed by atoms with Gasteiger partial charge in [0.2, 0.25) is 0 Å². The summed E-state index contributed by atoms with van der Waals surface area (Å²) in [7, 11) is 0. The quantitative estimate of drug-likeness (QED) is 0.873. The molecule has 0 amide bonds. The summed E-state index contributed by atoms with van der Waals surface area (Å²) in [4.78, 5) is 0. The van der Waals surface area contributed by atoms with Crippen LogP contribution in [0.3, 0.4) is 0 Å². The van der Waals surface area contributed by atoms with Crippen LogP contribution in [0.25, 0.3) is 0 Å². The normalized spacial score (nSPS) is 20.6. The monoisotopic (exact) mass is 235 g/mol. The molecule has 0 aliphatic carbocycles. The standard InChI is InChI=1S/C14H21NO2/c1-10(2)17-13-5-4-11(3)8-12(13)14-9-15-6-7-16-14/h4-5,8,10,14-15H,6-7,9H2,1-3H3. The largest absolute Gasteiger partial charge is 0.491 e. The molecule has 2 rings (SSSR count). The van der Waals surface area contributed by atoms with Crippen molar-refractivity contribution in [1.29, 1.82) is 0 Å². The lowest BCUT2D eigenvalue weighted by molar-refractivity contribution is 0.0253. The Kier molecular flexibility index (Phi) is 4.02. The van der Waals surface area contributed by atoms with Gasteiger partial charge in [-0.15, -0.1) is 0 Å². The van der Waals surface area contributed by atoms with Gasteiger partial charge in [-0.2, -0.15) is 0 Å². The van der Waals surface area contributed by atoms with Crippen molar-refractivity contribution in [2.24, 2.45) is 0 Å². The molecule has 1 aromatic rings. The Bertz CT molecular complexity index is 370. The smallest absolute Gasteiger partial charge is 0.125 e. The maximum atomic E-state index is 5.85. The maximum Gasteiger partial charge on any atom is 0.125 e. The molecule has 1 atom stereocenters. The summed E-state index contributed by atoms with van der Waals surface area (Å²) in [6.45, 7) is 8.74. The van der Waals surface area contributed by atoms with Gasteiger partial charge in [0.1, 0.15) is 5.75 Å². The molecule has 0 radical (unpaired) electrons. The first kappa shape index (κ1) is 12.4. The van der Waals surface area contributed by atoms with E-state index in [1.807, 2.05) is 19.9 Å². The Labute approximate surface area is 103 Å². The van der Waals surface area contributed by atoms with E-state index in [1.165, 1.54) is 5.56 Å². The minimum atomic E-state index is 0.109. The van der Waals surface area contributed by atoms with Crippen molar-refractivity contribution >= 4 is 0 Å². The number of hydrogen-bond acceptors (Lipinski definition) is 3. The molecule has 0 saturated carbocycles. The maximum absolute atomic E-state index is 5.85. The fourth-order valence-corrected chi connectivity index (χ4v) is 2.05. The third kappa shape index (κ3) is 3.20. The Morgan fingerprint density at radius 3 is 2.88 bits per heavy atom. The van der Waals surface area contributed by atoms with Gasteiger partial charge >= 0.3 is 0 Å². The van der Waals surface area contributed by atoms with E-state index in [2.05, 4.69) is 24.4 Å².